The van der Waals surface area contributed by atoms with E-state index < -0.39 is 6.10 Å². The fourth-order valence-corrected chi connectivity index (χ4v) is 7.78. The highest BCUT2D eigenvalue weighted by molar-refractivity contribution is 6.30. The Morgan fingerprint density at radius 3 is 2.45 bits per heavy atom. The van der Waals surface area contributed by atoms with Gasteiger partial charge in [0.25, 0.3) is 0 Å². The lowest BCUT2D eigenvalue weighted by Gasteiger charge is -2.52. The Balaban J connectivity index is 1.16. The van der Waals surface area contributed by atoms with E-state index in [1.54, 1.807) is 0 Å². The second-order valence-electron chi connectivity index (χ2n) is 12.0. The predicted molar refractivity (Wildman–Crippen MR) is 150 cm³/mol. The fraction of sp³-hybridized carbons (Fsp3) is 0.531. The van der Waals surface area contributed by atoms with Gasteiger partial charge in [-0.1, -0.05) is 79.6 Å². The standard InChI is InChI=1S/C32H39ClN2O3/c1-21-7-6-10-24-19-27-28(30(36)32(21,24)2)26(31(37)38-27)20-34-15-17-35(18-16-34)29(22-8-4-3-5-9-22)23-11-13-25(33)14-12-23/h3-5,8-14,21,26-30,36H,6-7,15-20H2,1-2H3/t21-,26+,27-,28+,29+,30+,32-/m1/s1. The zero-order valence-electron chi connectivity index (χ0n) is 22.4. The first-order chi connectivity index (χ1) is 18.4. The number of aliphatic hydroxyl groups is 1. The number of hydrogen-bond donors (Lipinski definition) is 1. The molecule has 0 amide bonds. The maximum atomic E-state index is 13.1. The van der Waals surface area contributed by atoms with E-state index in [-0.39, 0.29) is 35.4 Å². The van der Waals surface area contributed by atoms with Crippen LogP contribution in [0, 0.1) is 23.2 Å². The van der Waals surface area contributed by atoms with Crippen molar-refractivity contribution >= 4 is 17.6 Å². The molecule has 3 fully saturated rings. The first kappa shape index (κ1) is 26.1. The second-order valence-corrected chi connectivity index (χ2v) is 12.4. The maximum Gasteiger partial charge on any atom is 0.311 e. The third kappa shape index (κ3) is 4.52. The fourth-order valence-electron chi connectivity index (χ4n) is 7.65. The van der Waals surface area contributed by atoms with E-state index >= 15 is 0 Å². The molecule has 2 saturated heterocycles. The van der Waals surface area contributed by atoms with E-state index in [1.165, 1.54) is 16.7 Å². The Hall–Kier alpha value is -2.18. The van der Waals surface area contributed by atoms with Gasteiger partial charge in [0, 0.05) is 55.5 Å². The summed E-state index contributed by atoms with van der Waals surface area (Å²) in [6, 6.07) is 19.0. The minimum absolute atomic E-state index is 0.125. The molecule has 2 aliphatic carbocycles. The van der Waals surface area contributed by atoms with Crippen molar-refractivity contribution in [3.05, 3.63) is 82.4 Å². The Morgan fingerprint density at radius 2 is 1.74 bits per heavy atom. The number of piperazine rings is 1. The third-order valence-electron chi connectivity index (χ3n) is 10.1. The number of carbonyl (C=O) groups is 1. The molecule has 0 spiro atoms. The summed E-state index contributed by atoms with van der Waals surface area (Å²) in [5.74, 6) is -0.119. The van der Waals surface area contributed by atoms with Crippen molar-refractivity contribution in [3.63, 3.8) is 0 Å². The van der Waals surface area contributed by atoms with Gasteiger partial charge in [0.15, 0.2) is 0 Å². The summed E-state index contributed by atoms with van der Waals surface area (Å²) in [5, 5.41) is 12.4. The van der Waals surface area contributed by atoms with Crippen LogP contribution in [-0.2, 0) is 9.53 Å². The van der Waals surface area contributed by atoms with E-state index in [0.29, 0.717) is 12.5 Å². The summed E-state index contributed by atoms with van der Waals surface area (Å²) in [6.45, 7) is 8.70. The van der Waals surface area contributed by atoms with Gasteiger partial charge in [-0.2, -0.15) is 0 Å². The molecule has 2 aromatic rings. The number of ether oxygens (including phenoxy) is 1. The van der Waals surface area contributed by atoms with Gasteiger partial charge >= 0.3 is 5.97 Å². The topological polar surface area (TPSA) is 53.0 Å². The summed E-state index contributed by atoms with van der Waals surface area (Å²) in [4.78, 5) is 18.1. The maximum absolute atomic E-state index is 13.1. The SMILES string of the molecule is C[C@@H]1CCC=C2C[C@H]3OC(=O)[C@@H](CN4CCN([C@@H](c5ccccc5)c5ccc(Cl)cc5)CC4)[C@@H]3[C@H](O)[C@@]21C. The quantitative estimate of drug-likeness (QED) is 0.415. The highest BCUT2D eigenvalue weighted by Gasteiger charge is 2.59. The van der Waals surface area contributed by atoms with Crippen LogP contribution in [0.5, 0.6) is 0 Å². The summed E-state index contributed by atoms with van der Waals surface area (Å²) < 4.78 is 5.92. The molecular formula is C32H39ClN2O3. The van der Waals surface area contributed by atoms with Crippen molar-refractivity contribution in [1.29, 1.82) is 0 Å². The molecule has 1 saturated carbocycles. The molecule has 5 nitrogen and oxygen atoms in total. The van der Waals surface area contributed by atoms with Crippen molar-refractivity contribution in [3.8, 4) is 0 Å². The van der Waals surface area contributed by atoms with Crippen molar-refractivity contribution in [2.75, 3.05) is 32.7 Å². The molecule has 1 N–H and O–H groups in total. The van der Waals surface area contributed by atoms with Crippen LogP contribution in [-0.4, -0.2) is 65.8 Å². The summed E-state index contributed by atoms with van der Waals surface area (Å²) >= 11 is 6.19. The Labute approximate surface area is 231 Å². The number of allylic oxidation sites excluding steroid dienone is 1. The number of halogens is 1. The van der Waals surface area contributed by atoms with Crippen LogP contribution < -0.4 is 0 Å². The van der Waals surface area contributed by atoms with Crippen molar-refractivity contribution in [2.24, 2.45) is 23.2 Å². The third-order valence-corrected chi connectivity index (χ3v) is 10.4. The largest absolute Gasteiger partial charge is 0.461 e. The van der Waals surface area contributed by atoms with Crippen LogP contribution in [0.3, 0.4) is 0 Å². The van der Waals surface area contributed by atoms with E-state index in [4.69, 9.17) is 16.3 Å². The number of aliphatic hydroxyl groups excluding tert-OH is 1. The summed E-state index contributed by atoms with van der Waals surface area (Å²) in [6.07, 6.45) is 4.47. The number of fused-ring (bicyclic) bond motifs is 2. The van der Waals surface area contributed by atoms with Gasteiger partial charge in [-0.05, 0) is 42.0 Å². The average molecular weight is 535 g/mol. The van der Waals surface area contributed by atoms with Crippen LogP contribution >= 0.6 is 11.6 Å². The number of benzene rings is 2. The molecule has 0 aromatic heterocycles. The predicted octanol–water partition coefficient (Wildman–Crippen LogP) is 5.33. The molecule has 0 bridgehead atoms. The van der Waals surface area contributed by atoms with Gasteiger partial charge in [-0.15, -0.1) is 0 Å². The molecule has 0 radical (unpaired) electrons. The van der Waals surface area contributed by atoms with Gasteiger partial charge in [-0.25, -0.2) is 0 Å². The number of rotatable bonds is 5. The second kappa shape index (κ2) is 10.4. The average Bonchev–Trinajstić information content (AvgIpc) is 3.23. The minimum Gasteiger partial charge on any atom is -0.461 e. The molecule has 6 heteroatoms. The van der Waals surface area contributed by atoms with Gasteiger partial charge in [0.1, 0.15) is 6.10 Å². The number of nitrogens with zero attached hydrogens (tertiary/aromatic N) is 2. The Morgan fingerprint density at radius 1 is 1.05 bits per heavy atom. The molecule has 0 unspecified atom stereocenters. The lowest BCUT2D eigenvalue weighted by atomic mass is 9.55. The van der Waals surface area contributed by atoms with E-state index in [9.17, 15) is 9.90 Å². The number of carbonyl (C=O) groups excluding carboxylic acids is 1. The van der Waals surface area contributed by atoms with Gasteiger partial charge in [0.2, 0.25) is 0 Å². The monoisotopic (exact) mass is 534 g/mol. The summed E-state index contributed by atoms with van der Waals surface area (Å²) in [7, 11) is 0. The molecule has 6 rings (SSSR count). The van der Waals surface area contributed by atoms with Crippen LogP contribution in [0.15, 0.2) is 66.2 Å². The summed E-state index contributed by atoms with van der Waals surface area (Å²) in [5.41, 5.74) is 3.54. The Bertz CT molecular complexity index is 1180. The van der Waals surface area contributed by atoms with Gasteiger partial charge < -0.3 is 9.84 Å². The molecule has 2 aromatic carbocycles. The molecule has 38 heavy (non-hydrogen) atoms. The lowest BCUT2D eigenvalue weighted by molar-refractivity contribution is -0.145. The highest BCUT2D eigenvalue weighted by Crippen LogP contribution is 2.56. The van der Waals surface area contributed by atoms with Gasteiger partial charge in [-0.3, -0.25) is 14.6 Å². The van der Waals surface area contributed by atoms with Gasteiger partial charge in [0.05, 0.1) is 18.1 Å². The zero-order valence-corrected chi connectivity index (χ0v) is 23.2. The van der Waals surface area contributed by atoms with Crippen LogP contribution in [0.4, 0.5) is 0 Å². The zero-order chi connectivity index (χ0) is 26.4. The van der Waals surface area contributed by atoms with Crippen LogP contribution in [0.2, 0.25) is 5.02 Å². The Kier molecular flexibility index (Phi) is 7.15. The number of hydrogen-bond acceptors (Lipinski definition) is 5. The normalized spacial score (nSPS) is 34.7. The van der Waals surface area contributed by atoms with E-state index in [2.05, 4.69) is 72.2 Å². The van der Waals surface area contributed by atoms with E-state index in [0.717, 1.165) is 50.5 Å². The molecular weight excluding hydrogens is 496 g/mol. The molecule has 2 heterocycles. The van der Waals surface area contributed by atoms with Crippen molar-refractivity contribution in [1.82, 2.24) is 9.80 Å². The van der Waals surface area contributed by atoms with Crippen molar-refractivity contribution < 1.29 is 14.6 Å². The van der Waals surface area contributed by atoms with E-state index in [1.807, 2.05) is 12.1 Å². The highest BCUT2D eigenvalue weighted by atomic mass is 35.5. The lowest BCUT2D eigenvalue weighted by Crippen LogP contribution is -2.55. The molecule has 4 aliphatic rings. The van der Waals surface area contributed by atoms with Crippen LogP contribution in [0.25, 0.3) is 0 Å². The number of esters is 1. The first-order valence-electron chi connectivity index (χ1n) is 14.2. The van der Waals surface area contributed by atoms with Crippen LogP contribution in [0.1, 0.15) is 50.3 Å². The molecule has 202 valence electrons. The van der Waals surface area contributed by atoms with Crippen molar-refractivity contribution in [2.45, 2.75) is 51.4 Å². The minimum atomic E-state index is -0.548. The molecule has 7 atom stereocenters. The smallest absolute Gasteiger partial charge is 0.311 e. The molecule has 2 aliphatic heterocycles. The first-order valence-corrected chi connectivity index (χ1v) is 14.6.